The number of aryl methyl sites for hydroxylation is 2. The molecule has 0 spiro atoms. The van der Waals surface area contributed by atoms with E-state index >= 15 is 0 Å². The van der Waals surface area contributed by atoms with Crippen LogP contribution in [0.25, 0.3) is 0 Å². The third-order valence-corrected chi connectivity index (χ3v) is 11.6. The fourth-order valence-electron chi connectivity index (χ4n) is 8.09. The molecular weight excluding hydrogens is 605 g/mol. The zero-order valence-electron chi connectivity index (χ0n) is 35.2. The van der Waals surface area contributed by atoms with Gasteiger partial charge in [0.25, 0.3) is 5.82 Å². The standard InChI is InChI=1S/C48H95N2/c1-4-7-10-13-16-18-20-22-24-26-28-30-32-35-38-41-44-49-46-47-50(48(49)43-40-37-34-15-12-9-6-3)45-42-39-36-33-31-29-27-25-23-21-19-17-14-11-8-5-2/h46-47H,4-45H2,1-3H3/q+1. The van der Waals surface area contributed by atoms with E-state index in [0.717, 1.165) is 0 Å². The highest BCUT2D eigenvalue weighted by molar-refractivity contribution is 4.84. The van der Waals surface area contributed by atoms with Crippen LogP contribution in [0.15, 0.2) is 12.4 Å². The zero-order valence-corrected chi connectivity index (χ0v) is 35.2. The predicted molar refractivity (Wildman–Crippen MR) is 225 cm³/mol. The molecular formula is C48H95N2+. The number of unbranched alkanes of at least 4 members (excludes halogenated alkanes) is 36. The first kappa shape index (κ1) is 47.2. The predicted octanol–water partition coefficient (Wildman–Crippen LogP) is 16.6. The lowest BCUT2D eigenvalue weighted by molar-refractivity contribution is -0.704. The van der Waals surface area contributed by atoms with Gasteiger partial charge in [0.15, 0.2) is 0 Å². The topological polar surface area (TPSA) is 8.81 Å². The van der Waals surface area contributed by atoms with Crippen LogP contribution in [0.5, 0.6) is 0 Å². The molecule has 0 aliphatic rings. The lowest BCUT2D eigenvalue weighted by Crippen LogP contribution is -2.37. The molecule has 1 aromatic rings. The summed E-state index contributed by atoms with van der Waals surface area (Å²) in [7, 11) is 0. The maximum atomic E-state index is 2.65. The molecule has 2 nitrogen and oxygen atoms in total. The van der Waals surface area contributed by atoms with Crippen molar-refractivity contribution in [2.24, 2.45) is 0 Å². The Bertz CT molecular complexity index is 713. The first-order valence-corrected chi connectivity index (χ1v) is 23.9. The van der Waals surface area contributed by atoms with Gasteiger partial charge >= 0.3 is 0 Å². The van der Waals surface area contributed by atoms with Crippen molar-refractivity contribution >= 4 is 0 Å². The van der Waals surface area contributed by atoms with Crippen LogP contribution >= 0.6 is 0 Å². The number of nitrogens with zero attached hydrogens (tertiary/aromatic N) is 2. The van der Waals surface area contributed by atoms with Gasteiger partial charge in [-0.1, -0.05) is 239 Å². The molecule has 296 valence electrons. The molecule has 0 aliphatic heterocycles. The van der Waals surface area contributed by atoms with Crippen molar-refractivity contribution in [3.8, 4) is 0 Å². The number of hydrogen-bond acceptors (Lipinski definition) is 0. The number of rotatable bonds is 42. The number of imidazole rings is 1. The van der Waals surface area contributed by atoms with Gasteiger partial charge in [0.2, 0.25) is 0 Å². The SMILES string of the molecule is CCCCCCCCCCCCCCCCCCn1cc[n+](CCCCCCCCCCCCCCCCCC)c1CCCCCCCCC. The molecule has 0 radical (unpaired) electrons. The van der Waals surface area contributed by atoms with Gasteiger partial charge in [-0.25, -0.2) is 9.13 Å². The highest BCUT2D eigenvalue weighted by Crippen LogP contribution is 2.16. The van der Waals surface area contributed by atoms with Gasteiger partial charge in [-0.05, 0) is 32.1 Å². The summed E-state index contributed by atoms with van der Waals surface area (Å²) in [5.41, 5.74) is 0. The molecule has 0 unspecified atom stereocenters. The van der Waals surface area contributed by atoms with Crippen LogP contribution in [0, 0.1) is 0 Å². The average molecular weight is 700 g/mol. The van der Waals surface area contributed by atoms with Crippen LogP contribution < -0.4 is 4.57 Å². The van der Waals surface area contributed by atoms with E-state index in [4.69, 9.17) is 0 Å². The van der Waals surface area contributed by atoms with E-state index in [9.17, 15) is 0 Å². The van der Waals surface area contributed by atoms with E-state index in [-0.39, 0.29) is 0 Å². The average Bonchev–Trinajstić information content (AvgIpc) is 3.51. The second-order valence-corrected chi connectivity index (χ2v) is 16.6. The van der Waals surface area contributed by atoms with E-state index in [1.807, 2.05) is 0 Å². The van der Waals surface area contributed by atoms with Crippen molar-refractivity contribution in [2.45, 2.75) is 291 Å². The number of hydrogen-bond donors (Lipinski definition) is 0. The summed E-state index contributed by atoms with van der Waals surface area (Å²) in [5.74, 6) is 1.63. The quantitative estimate of drug-likeness (QED) is 0.0474. The summed E-state index contributed by atoms with van der Waals surface area (Å²) < 4.78 is 5.29. The fourth-order valence-corrected chi connectivity index (χ4v) is 8.09. The minimum atomic E-state index is 1.23. The summed E-state index contributed by atoms with van der Waals surface area (Å²) in [6, 6.07) is 0. The van der Waals surface area contributed by atoms with Crippen LogP contribution in [0.3, 0.4) is 0 Å². The van der Waals surface area contributed by atoms with Crippen molar-refractivity contribution in [1.82, 2.24) is 4.57 Å². The monoisotopic (exact) mass is 700 g/mol. The van der Waals surface area contributed by atoms with Gasteiger partial charge in [0, 0.05) is 6.42 Å². The molecule has 0 bridgehead atoms. The van der Waals surface area contributed by atoms with Gasteiger partial charge in [0.1, 0.15) is 12.4 Å². The maximum absolute atomic E-state index is 2.65. The molecule has 0 saturated carbocycles. The van der Waals surface area contributed by atoms with Gasteiger partial charge in [-0.3, -0.25) is 0 Å². The highest BCUT2D eigenvalue weighted by Gasteiger charge is 2.16. The van der Waals surface area contributed by atoms with Crippen molar-refractivity contribution < 1.29 is 4.57 Å². The second kappa shape index (κ2) is 39.4. The van der Waals surface area contributed by atoms with Gasteiger partial charge in [-0.2, -0.15) is 0 Å². The molecule has 0 aliphatic carbocycles. The third kappa shape index (κ3) is 30.8. The van der Waals surface area contributed by atoms with Crippen LogP contribution in [-0.2, 0) is 19.5 Å². The Kier molecular flexibility index (Phi) is 37.2. The number of aromatic nitrogens is 2. The molecule has 0 fully saturated rings. The Labute approximate surface area is 317 Å². The first-order valence-electron chi connectivity index (χ1n) is 23.9. The Balaban J connectivity index is 2.18. The Morgan fingerprint density at radius 1 is 0.340 bits per heavy atom. The van der Waals surface area contributed by atoms with Crippen LogP contribution in [0.1, 0.15) is 277 Å². The van der Waals surface area contributed by atoms with Crippen molar-refractivity contribution in [2.75, 3.05) is 0 Å². The Hall–Kier alpha value is -0.790. The van der Waals surface area contributed by atoms with E-state index in [1.165, 1.54) is 270 Å². The second-order valence-electron chi connectivity index (χ2n) is 16.6. The van der Waals surface area contributed by atoms with Crippen LogP contribution in [0.4, 0.5) is 0 Å². The molecule has 0 atom stereocenters. The van der Waals surface area contributed by atoms with Crippen molar-refractivity contribution in [1.29, 1.82) is 0 Å². The molecule has 1 heterocycles. The summed E-state index contributed by atoms with van der Waals surface area (Å²) in [6.07, 6.45) is 62.3. The highest BCUT2D eigenvalue weighted by atomic mass is 15.1. The molecule has 1 aromatic heterocycles. The largest absolute Gasteiger partial charge is 0.256 e. The smallest absolute Gasteiger partial charge is 0.234 e. The Morgan fingerprint density at radius 2 is 0.620 bits per heavy atom. The maximum Gasteiger partial charge on any atom is 0.256 e. The molecule has 2 heteroatoms. The van der Waals surface area contributed by atoms with Gasteiger partial charge in [-0.15, -0.1) is 0 Å². The molecule has 1 rings (SSSR count). The minimum Gasteiger partial charge on any atom is -0.234 e. The summed E-state index contributed by atoms with van der Waals surface area (Å²) in [4.78, 5) is 0. The summed E-state index contributed by atoms with van der Waals surface area (Å²) in [6.45, 7) is 9.42. The molecule has 0 amide bonds. The van der Waals surface area contributed by atoms with Crippen LogP contribution in [-0.4, -0.2) is 4.57 Å². The Morgan fingerprint density at radius 3 is 0.960 bits per heavy atom. The molecule has 0 saturated heterocycles. The van der Waals surface area contributed by atoms with E-state index < -0.39 is 0 Å². The van der Waals surface area contributed by atoms with Gasteiger partial charge < -0.3 is 0 Å². The minimum absolute atomic E-state index is 1.23. The van der Waals surface area contributed by atoms with Crippen molar-refractivity contribution in [3.63, 3.8) is 0 Å². The normalized spacial score (nSPS) is 11.7. The lowest BCUT2D eigenvalue weighted by atomic mass is 10.0. The van der Waals surface area contributed by atoms with E-state index in [1.54, 1.807) is 5.82 Å². The summed E-state index contributed by atoms with van der Waals surface area (Å²) >= 11 is 0. The van der Waals surface area contributed by atoms with Crippen molar-refractivity contribution in [3.05, 3.63) is 18.2 Å². The molecule has 50 heavy (non-hydrogen) atoms. The van der Waals surface area contributed by atoms with E-state index in [2.05, 4.69) is 42.3 Å². The summed E-state index contributed by atoms with van der Waals surface area (Å²) in [5, 5.41) is 0. The zero-order chi connectivity index (χ0) is 35.8. The molecule has 0 aromatic carbocycles. The fraction of sp³-hybridized carbons (Fsp3) is 0.938. The lowest BCUT2D eigenvalue weighted by Gasteiger charge is -2.07. The first-order chi connectivity index (χ1) is 24.8. The van der Waals surface area contributed by atoms with E-state index in [0.29, 0.717) is 0 Å². The third-order valence-electron chi connectivity index (χ3n) is 11.6. The van der Waals surface area contributed by atoms with Crippen LogP contribution in [0.2, 0.25) is 0 Å². The van der Waals surface area contributed by atoms with Gasteiger partial charge in [0.05, 0.1) is 13.1 Å². The molecule has 0 N–H and O–H groups in total.